The van der Waals surface area contributed by atoms with Gasteiger partial charge in [-0.05, 0) is 46.6 Å². The van der Waals surface area contributed by atoms with Crippen LogP contribution in [0, 0.1) is 5.92 Å². The number of nitrogens with zero attached hydrogens (tertiary/aromatic N) is 1. The lowest BCUT2D eigenvalue weighted by Gasteiger charge is -2.48. The van der Waals surface area contributed by atoms with E-state index >= 15 is 0 Å². The summed E-state index contributed by atoms with van der Waals surface area (Å²) in [6.45, 7) is 19.9. The van der Waals surface area contributed by atoms with Gasteiger partial charge in [0.15, 0.2) is 0 Å². The Morgan fingerprint density at radius 3 is 2.05 bits per heavy atom. The summed E-state index contributed by atoms with van der Waals surface area (Å²) in [4.78, 5) is 2.57. The van der Waals surface area contributed by atoms with E-state index in [4.69, 9.17) is 4.74 Å². The molecule has 1 aliphatic rings. The first kappa shape index (κ1) is 16.9. The Labute approximate surface area is 120 Å². The Bertz CT molecular complexity index is 258. The van der Waals surface area contributed by atoms with Crippen LogP contribution in [0.25, 0.3) is 0 Å². The van der Waals surface area contributed by atoms with Gasteiger partial charge in [-0.2, -0.15) is 0 Å². The molecule has 0 aromatic carbocycles. The van der Waals surface area contributed by atoms with E-state index in [1.54, 1.807) is 0 Å². The lowest BCUT2D eigenvalue weighted by atomic mass is 9.96. The van der Waals surface area contributed by atoms with Crippen LogP contribution in [-0.4, -0.2) is 48.3 Å². The molecule has 0 amide bonds. The number of nitrogens with one attached hydrogen (secondary N) is 1. The van der Waals surface area contributed by atoms with Gasteiger partial charge in [-0.25, -0.2) is 0 Å². The minimum atomic E-state index is -0.0476. The summed E-state index contributed by atoms with van der Waals surface area (Å²) in [7, 11) is 0. The van der Waals surface area contributed by atoms with Crippen LogP contribution in [-0.2, 0) is 4.74 Å². The van der Waals surface area contributed by atoms with Crippen molar-refractivity contribution in [2.75, 3.05) is 26.2 Å². The van der Waals surface area contributed by atoms with Gasteiger partial charge in [0.25, 0.3) is 0 Å². The van der Waals surface area contributed by atoms with Crippen LogP contribution < -0.4 is 5.32 Å². The van der Waals surface area contributed by atoms with Gasteiger partial charge in [0.2, 0.25) is 0 Å². The fourth-order valence-electron chi connectivity index (χ4n) is 3.19. The monoisotopic (exact) mass is 270 g/mol. The fourth-order valence-corrected chi connectivity index (χ4v) is 3.19. The number of morpholine rings is 1. The van der Waals surface area contributed by atoms with Crippen LogP contribution in [0.5, 0.6) is 0 Å². The van der Waals surface area contributed by atoms with E-state index in [1.165, 1.54) is 6.42 Å². The predicted octanol–water partition coefficient (Wildman–Crippen LogP) is 2.90. The van der Waals surface area contributed by atoms with Crippen molar-refractivity contribution < 1.29 is 4.74 Å². The highest BCUT2D eigenvalue weighted by Crippen LogP contribution is 2.28. The topological polar surface area (TPSA) is 24.5 Å². The van der Waals surface area contributed by atoms with Crippen molar-refractivity contribution in [1.29, 1.82) is 0 Å². The first-order valence-electron chi connectivity index (χ1n) is 7.81. The highest BCUT2D eigenvalue weighted by atomic mass is 16.5. The molecule has 1 fully saturated rings. The molecule has 1 unspecified atom stereocenters. The molecule has 1 rings (SSSR count). The standard InChI is InChI=1S/C16H34N2O/c1-8-9-17-14(13(2)3)10-18-11-15(4,5)19-16(6,7)12-18/h13-14,17H,8-12H2,1-7H3. The highest BCUT2D eigenvalue weighted by Gasteiger charge is 2.38. The minimum absolute atomic E-state index is 0.0476. The fraction of sp³-hybridized carbons (Fsp3) is 1.00. The number of rotatable bonds is 6. The smallest absolute Gasteiger partial charge is 0.0760 e. The first-order chi connectivity index (χ1) is 8.65. The molecule has 0 aromatic heterocycles. The Morgan fingerprint density at radius 2 is 1.63 bits per heavy atom. The van der Waals surface area contributed by atoms with E-state index < -0.39 is 0 Å². The van der Waals surface area contributed by atoms with Gasteiger partial charge in [0, 0.05) is 25.7 Å². The zero-order valence-electron chi connectivity index (χ0n) is 14.0. The molecule has 114 valence electrons. The molecule has 1 heterocycles. The third-order valence-corrected chi connectivity index (χ3v) is 3.68. The largest absolute Gasteiger partial charge is 0.367 e. The Morgan fingerprint density at radius 1 is 1.11 bits per heavy atom. The molecule has 19 heavy (non-hydrogen) atoms. The van der Waals surface area contributed by atoms with Crippen LogP contribution >= 0.6 is 0 Å². The maximum absolute atomic E-state index is 6.15. The quantitative estimate of drug-likeness (QED) is 0.803. The molecule has 0 aliphatic carbocycles. The van der Waals surface area contributed by atoms with Crippen molar-refractivity contribution in [3.8, 4) is 0 Å². The van der Waals surface area contributed by atoms with Crippen molar-refractivity contribution in [2.45, 2.75) is 72.1 Å². The van der Waals surface area contributed by atoms with E-state index in [0.717, 1.165) is 26.2 Å². The summed E-state index contributed by atoms with van der Waals surface area (Å²) in [6, 6.07) is 0.574. The summed E-state index contributed by atoms with van der Waals surface area (Å²) in [5.41, 5.74) is -0.0952. The van der Waals surface area contributed by atoms with Crippen LogP contribution in [0.3, 0.4) is 0 Å². The lowest BCUT2D eigenvalue weighted by Crippen LogP contribution is -2.59. The third-order valence-electron chi connectivity index (χ3n) is 3.68. The van der Waals surface area contributed by atoms with Crippen molar-refractivity contribution in [2.24, 2.45) is 5.92 Å². The maximum Gasteiger partial charge on any atom is 0.0760 e. The van der Waals surface area contributed by atoms with E-state index in [9.17, 15) is 0 Å². The molecular weight excluding hydrogens is 236 g/mol. The van der Waals surface area contributed by atoms with Gasteiger partial charge >= 0.3 is 0 Å². The molecule has 0 saturated carbocycles. The Balaban J connectivity index is 2.62. The van der Waals surface area contributed by atoms with E-state index in [2.05, 4.69) is 58.7 Å². The molecule has 3 nitrogen and oxygen atoms in total. The predicted molar refractivity (Wildman–Crippen MR) is 82.6 cm³/mol. The Kier molecular flexibility index (Phi) is 5.84. The van der Waals surface area contributed by atoms with Crippen molar-refractivity contribution in [1.82, 2.24) is 10.2 Å². The molecule has 1 atom stereocenters. The van der Waals surface area contributed by atoms with E-state index in [1.807, 2.05) is 0 Å². The molecule has 1 aliphatic heterocycles. The molecule has 0 bridgehead atoms. The number of hydrogen-bond donors (Lipinski definition) is 1. The second kappa shape index (κ2) is 6.55. The molecular formula is C16H34N2O. The van der Waals surface area contributed by atoms with Crippen LogP contribution in [0.4, 0.5) is 0 Å². The molecule has 1 saturated heterocycles. The van der Waals surface area contributed by atoms with Gasteiger partial charge < -0.3 is 10.1 Å². The second-order valence-corrected chi connectivity index (χ2v) is 7.60. The summed E-state index contributed by atoms with van der Waals surface area (Å²) < 4.78 is 6.15. The molecule has 0 aromatic rings. The van der Waals surface area contributed by atoms with E-state index in [-0.39, 0.29) is 11.2 Å². The Hall–Kier alpha value is -0.120. The molecule has 0 radical (unpaired) electrons. The zero-order valence-corrected chi connectivity index (χ0v) is 14.0. The van der Waals surface area contributed by atoms with Crippen molar-refractivity contribution in [3.63, 3.8) is 0 Å². The molecule has 3 heteroatoms. The van der Waals surface area contributed by atoms with Crippen LogP contribution in [0.15, 0.2) is 0 Å². The lowest BCUT2D eigenvalue weighted by molar-refractivity contribution is -0.181. The summed E-state index contributed by atoms with van der Waals surface area (Å²) >= 11 is 0. The normalized spacial score (nSPS) is 24.6. The van der Waals surface area contributed by atoms with Gasteiger partial charge in [-0.3, -0.25) is 4.90 Å². The van der Waals surface area contributed by atoms with Gasteiger partial charge in [-0.1, -0.05) is 20.8 Å². The average molecular weight is 270 g/mol. The third kappa shape index (κ3) is 5.80. The molecule has 0 spiro atoms. The summed E-state index contributed by atoms with van der Waals surface area (Å²) in [6.07, 6.45) is 1.20. The SMILES string of the molecule is CCCNC(CN1CC(C)(C)OC(C)(C)C1)C(C)C. The second-order valence-electron chi connectivity index (χ2n) is 7.60. The molecule has 1 N–H and O–H groups in total. The van der Waals surface area contributed by atoms with Gasteiger partial charge in [-0.15, -0.1) is 0 Å². The average Bonchev–Trinajstić information content (AvgIpc) is 2.19. The number of hydrogen-bond acceptors (Lipinski definition) is 3. The van der Waals surface area contributed by atoms with Crippen molar-refractivity contribution in [3.05, 3.63) is 0 Å². The van der Waals surface area contributed by atoms with E-state index in [0.29, 0.717) is 12.0 Å². The number of ether oxygens (including phenoxy) is 1. The van der Waals surface area contributed by atoms with Gasteiger partial charge in [0.1, 0.15) is 0 Å². The van der Waals surface area contributed by atoms with Crippen LogP contribution in [0.1, 0.15) is 54.9 Å². The van der Waals surface area contributed by atoms with Crippen LogP contribution in [0.2, 0.25) is 0 Å². The van der Waals surface area contributed by atoms with Crippen molar-refractivity contribution >= 4 is 0 Å². The summed E-state index contributed by atoms with van der Waals surface area (Å²) in [5.74, 6) is 0.667. The minimum Gasteiger partial charge on any atom is -0.367 e. The summed E-state index contributed by atoms with van der Waals surface area (Å²) in [5, 5.41) is 3.69. The first-order valence-corrected chi connectivity index (χ1v) is 7.81. The van der Waals surface area contributed by atoms with Gasteiger partial charge in [0.05, 0.1) is 11.2 Å². The zero-order chi connectivity index (χ0) is 14.7. The highest BCUT2D eigenvalue weighted by molar-refractivity contribution is 4.91. The maximum atomic E-state index is 6.15.